The smallest absolute Gasteiger partial charge is 0.351 e. The second-order valence-electron chi connectivity index (χ2n) is 3.59. The van der Waals surface area contributed by atoms with Gasteiger partial charge < -0.3 is 9.84 Å². The third-order valence-corrected chi connectivity index (χ3v) is 2.54. The SMILES string of the molecule is O=c1nc(NO)ccn1[C@H]1CC[C@@H](CO)O1. The van der Waals surface area contributed by atoms with Gasteiger partial charge in [0.2, 0.25) is 0 Å². The Morgan fingerprint density at radius 2 is 2.44 bits per heavy atom. The molecular formula is C9H13N3O4. The minimum Gasteiger partial charge on any atom is -0.394 e. The number of aliphatic hydroxyl groups excluding tert-OH is 1. The summed E-state index contributed by atoms with van der Waals surface area (Å²) in [6, 6.07) is 1.47. The van der Waals surface area contributed by atoms with Crippen LogP contribution in [0.5, 0.6) is 0 Å². The molecular weight excluding hydrogens is 214 g/mol. The van der Waals surface area contributed by atoms with Crippen LogP contribution < -0.4 is 11.2 Å². The third-order valence-electron chi connectivity index (χ3n) is 2.54. The molecule has 1 aromatic heterocycles. The Morgan fingerprint density at radius 3 is 3.00 bits per heavy atom. The fourth-order valence-electron chi connectivity index (χ4n) is 1.72. The second kappa shape index (κ2) is 4.60. The molecule has 1 fully saturated rings. The van der Waals surface area contributed by atoms with Crippen LogP contribution in [-0.4, -0.2) is 32.6 Å². The molecule has 3 N–H and O–H groups in total. The van der Waals surface area contributed by atoms with Crippen LogP contribution in [0.25, 0.3) is 0 Å². The van der Waals surface area contributed by atoms with E-state index in [2.05, 4.69) is 4.98 Å². The summed E-state index contributed by atoms with van der Waals surface area (Å²) < 4.78 is 6.78. The van der Waals surface area contributed by atoms with Gasteiger partial charge in [0.15, 0.2) is 5.82 Å². The third kappa shape index (κ3) is 2.06. The number of hydrogen-bond acceptors (Lipinski definition) is 6. The first-order chi connectivity index (χ1) is 7.74. The van der Waals surface area contributed by atoms with Gasteiger partial charge in [0.1, 0.15) is 6.23 Å². The van der Waals surface area contributed by atoms with Gasteiger partial charge in [0.25, 0.3) is 0 Å². The molecule has 0 unspecified atom stereocenters. The molecule has 0 saturated carbocycles. The molecule has 0 aliphatic carbocycles. The van der Waals surface area contributed by atoms with Crippen molar-refractivity contribution in [2.45, 2.75) is 25.2 Å². The van der Waals surface area contributed by atoms with Crippen molar-refractivity contribution in [1.82, 2.24) is 9.55 Å². The van der Waals surface area contributed by atoms with Crippen LogP contribution in [0.1, 0.15) is 19.1 Å². The summed E-state index contributed by atoms with van der Waals surface area (Å²) in [5.74, 6) is 0.0953. The van der Waals surface area contributed by atoms with Crippen molar-refractivity contribution in [3.05, 3.63) is 22.7 Å². The molecule has 0 radical (unpaired) electrons. The maximum atomic E-state index is 11.5. The average Bonchev–Trinajstić information content (AvgIpc) is 2.77. The molecule has 1 aliphatic rings. The van der Waals surface area contributed by atoms with E-state index in [-0.39, 0.29) is 24.8 Å². The summed E-state index contributed by atoms with van der Waals surface area (Å²) in [6.07, 6.45) is 2.28. The molecule has 2 heterocycles. The molecule has 88 valence electrons. The van der Waals surface area contributed by atoms with Crippen molar-refractivity contribution >= 4 is 5.82 Å². The van der Waals surface area contributed by atoms with Gasteiger partial charge in [0, 0.05) is 6.20 Å². The summed E-state index contributed by atoms with van der Waals surface area (Å²) >= 11 is 0. The molecule has 1 aromatic rings. The Balaban J connectivity index is 2.19. The van der Waals surface area contributed by atoms with E-state index in [0.29, 0.717) is 12.8 Å². The Hall–Kier alpha value is -1.44. The molecule has 16 heavy (non-hydrogen) atoms. The first-order valence-electron chi connectivity index (χ1n) is 5.00. The number of ether oxygens (including phenoxy) is 1. The molecule has 7 nitrogen and oxygen atoms in total. The summed E-state index contributed by atoms with van der Waals surface area (Å²) in [5, 5.41) is 17.5. The van der Waals surface area contributed by atoms with Crippen LogP contribution in [0.3, 0.4) is 0 Å². The van der Waals surface area contributed by atoms with Gasteiger partial charge in [-0.15, -0.1) is 0 Å². The van der Waals surface area contributed by atoms with Crippen molar-refractivity contribution in [3.8, 4) is 0 Å². The van der Waals surface area contributed by atoms with Crippen LogP contribution in [0.4, 0.5) is 5.82 Å². The Kier molecular flexibility index (Phi) is 3.18. The minimum atomic E-state index is -0.498. The van der Waals surface area contributed by atoms with E-state index in [1.165, 1.54) is 16.8 Å². The highest BCUT2D eigenvalue weighted by atomic mass is 16.5. The van der Waals surface area contributed by atoms with Gasteiger partial charge in [-0.2, -0.15) is 4.98 Å². The number of hydrogen-bond donors (Lipinski definition) is 3. The van der Waals surface area contributed by atoms with Gasteiger partial charge >= 0.3 is 5.69 Å². The number of rotatable bonds is 3. The lowest BCUT2D eigenvalue weighted by Crippen LogP contribution is -2.27. The summed E-state index contributed by atoms with van der Waals surface area (Å²) in [4.78, 5) is 15.1. The Morgan fingerprint density at radius 1 is 1.62 bits per heavy atom. The molecule has 0 aromatic carbocycles. The van der Waals surface area contributed by atoms with E-state index in [9.17, 15) is 4.79 Å². The van der Waals surface area contributed by atoms with Gasteiger partial charge in [0.05, 0.1) is 12.7 Å². The second-order valence-corrected chi connectivity index (χ2v) is 3.59. The quantitative estimate of drug-likeness (QED) is 0.614. The highest BCUT2D eigenvalue weighted by molar-refractivity contribution is 5.27. The van der Waals surface area contributed by atoms with E-state index in [1.807, 2.05) is 0 Å². The zero-order chi connectivity index (χ0) is 11.5. The van der Waals surface area contributed by atoms with Crippen molar-refractivity contribution in [3.63, 3.8) is 0 Å². The normalized spacial score (nSPS) is 24.6. The molecule has 2 rings (SSSR count). The first-order valence-corrected chi connectivity index (χ1v) is 5.00. The predicted molar refractivity (Wildman–Crippen MR) is 54.1 cm³/mol. The fraction of sp³-hybridized carbons (Fsp3) is 0.556. The van der Waals surface area contributed by atoms with Crippen molar-refractivity contribution in [2.75, 3.05) is 12.1 Å². The molecule has 1 saturated heterocycles. The number of nitrogens with one attached hydrogen (secondary N) is 1. The fourth-order valence-corrected chi connectivity index (χ4v) is 1.72. The lowest BCUT2D eigenvalue weighted by molar-refractivity contribution is -0.0245. The lowest BCUT2D eigenvalue weighted by atomic mass is 10.2. The standard InChI is InChI=1S/C9H13N3O4/c13-5-6-1-2-8(16-6)12-4-3-7(11-15)10-9(12)14/h3-4,6,8,13,15H,1-2,5H2,(H,10,11,14)/t6-,8+/m0/s1. The topological polar surface area (TPSA) is 96.6 Å². The van der Waals surface area contributed by atoms with Crippen LogP contribution in [-0.2, 0) is 4.74 Å². The predicted octanol–water partition coefficient (Wildman–Crippen LogP) is -0.286. The van der Waals surface area contributed by atoms with E-state index in [4.69, 9.17) is 15.1 Å². The summed E-state index contributed by atoms with van der Waals surface area (Å²) in [6.45, 7) is -0.0467. The monoisotopic (exact) mass is 227 g/mol. The maximum absolute atomic E-state index is 11.5. The average molecular weight is 227 g/mol. The van der Waals surface area contributed by atoms with Gasteiger partial charge in [-0.25, -0.2) is 4.79 Å². The van der Waals surface area contributed by atoms with Crippen LogP contribution >= 0.6 is 0 Å². The Labute approximate surface area is 91.3 Å². The van der Waals surface area contributed by atoms with Gasteiger partial charge in [-0.3, -0.25) is 15.3 Å². The van der Waals surface area contributed by atoms with Crippen molar-refractivity contribution in [2.24, 2.45) is 0 Å². The molecule has 7 heteroatoms. The van der Waals surface area contributed by atoms with Gasteiger partial charge in [-0.05, 0) is 18.9 Å². The molecule has 0 amide bonds. The van der Waals surface area contributed by atoms with Crippen molar-refractivity contribution < 1.29 is 15.1 Å². The number of aliphatic hydroxyl groups is 1. The number of nitrogens with zero attached hydrogens (tertiary/aromatic N) is 2. The zero-order valence-electron chi connectivity index (χ0n) is 8.54. The summed E-state index contributed by atoms with van der Waals surface area (Å²) in [7, 11) is 0. The zero-order valence-corrected chi connectivity index (χ0v) is 8.54. The highest BCUT2D eigenvalue weighted by Crippen LogP contribution is 2.26. The van der Waals surface area contributed by atoms with Crippen LogP contribution in [0, 0.1) is 0 Å². The molecule has 0 spiro atoms. The summed E-state index contributed by atoms with van der Waals surface area (Å²) in [5.41, 5.74) is 1.30. The maximum Gasteiger partial charge on any atom is 0.351 e. The number of aromatic nitrogens is 2. The minimum absolute atomic E-state index is 0.0467. The Bertz CT molecular complexity index is 419. The van der Waals surface area contributed by atoms with Gasteiger partial charge in [-0.1, -0.05) is 0 Å². The number of anilines is 1. The largest absolute Gasteiger partial charge is 0.394 e. The first kappa shape index (κ1) is 11.1. The van der Waals surface area contributed by atoms with Crippen molar-refractivity contribution in [1.29, 1.82) is 0 Å². The van der Waals surface area contributed by atoms with E-state index >= 15 is 0 Å². The van der Waals surface area contributed by atoms with E-state index < -0.39 is 5.69 Å². The highest BCUT2D eigenvalue weighted by Gasteiger charge is 2.26. The molecule has 1 aliphatic heterocycles. The van der Waals surface area contributed by atoms with E-state index in [1.54, 1.807) is 5.48 Å². The molecule has 2 atom stereocenters. The van der Waals surface area contributed by atoms with E-state index in [0.717, 1.165) is 0 Å². The molecule has 0 bridgehead atoms. The van der Waals surface area contributed by atoms with Crippen LogP contribution in [0.15, 0.2) is 17.1 Å². The van der Waals surface area contributed by atoms with Crippen LogP contribution in [0.2, 0.25) is 0 Å². The lowest BCUT2D eigenvalue weighted by Gasteiger charge is -2.14.